The first-order valence-electron chi connectivity index (χ1n) is 7.00. The summed E-state index contributed by atoms with van der Waals surface area (Å²) in [5.41, 5.74) is 1.20. The fraction of sp³-hybridized carbons (Fsp3) is 0.667. The standard InChI is InChI=1S/C15H25NO2S/c1-5-6-8-16(10-14-7-9-19-11-14)15(17)13(4)18-12(2)3/h7,9,11-13H,5-6,8,10H2,1-4H3. The van der Waals surface area contributed by atoms with Gasteiger partial charge in [0, 0.05) is 13.1 Å². The number of ether oxygens (including phenoxy) is 1. The molecule has 3 nitrogen and oxygen atoms in total. The Morgan fingerprint density at radius 1 is 1.42 bits per heavy atom. The SMILES string of the molecule is CCCCN(Cc1ccsc1)C(=O)C(C)OC(C)C. The molecule has 0 aliphatic heterocycles. The average molecular weight is 283 g/mol. The Morgan fingerprint density at radius 3 is 2.68 bits per heavy atom. The monoisotopic (exact) mass is 283 g/mol. The first kappa shape index (κ1) is 16.2. The van der Waals surface area contributed by atoms with Crippen molar-refractivity contribution >= 4 is 17.2 Å². The number of unbranched alkanes of at least 4 members (excludes halogenated alkanes) is 1. The predicted octanol–water partition coefficient (Wildman–Crippen LogP) is 3.69. The van der Waals surface area contributed by atoms with Gasteiger partial charge in [-0.1, -0.05) is 13.3 Å². The summed E-state index contributed by atoms with van der Waals surface area (Å²) in [6.07, 6.45) is 1.83. The first-order valence-corrected chi connectivity index (χ1v) is 7.94. The average Bonchev–Trinajstić information content (AvgIpc) is 2.85. The molecule has 19 heavy (non-hydrogen) atoms. The summed E-state index contributed by atoms with van der Waals surface area (Å²) in [5, 5.41) is 4.14. The highest BCUT2D eigenvalue weighted by Gasteiger charge is 2.21. The highest BCUT2D eigenvalue weighted by atomic mass is 32.1. The van der Waals surface area contributed by atoms with Gasteiger partial charge in [0.25, 0.3) is 5.91 Å². The van der Waals surface area contributed by atoms with E-state index in [1.165, 1.54) is 5.56 Å². The number of amides is 1. The van der Waals surface area contributed by atoms with Crippen LogP contribution in [-0.2, 0) is 16.1 Å². The van der Waals surface area contributed by atoms with Gasteiger partial charge in [-0.3, -0.25) is 4.79 Å². The third-order valence-electron chi connectivity index (χ3n) is 2.87. The van der Waals surface area contributed by atoms with Crippen molar-refractivity contribution in [3.8, 4) is 0 Å². The van der Waals surface area contributed by atoms with Crippen LogP contribution in [-0.4, -0.2) is 29.6 Å². The molecule has 0 bridgehead atoms. The molecule has 1 unspecified atom stereocenters. The lowest BCUT2D eigenvalue weighted by molar-refractivity contribution is -0.145. The van der Waals surface area contributed by atoms with Crippen LogP contribution >= 0.6 is 11.3 Å². The molecule has 0 N–H and O–H groups in total. The predicted molar refractivity (Wildman–Crippen MR) is 80.3 cm³/mol. The van der Waals surface area contributed by atoms with E-state index in [1.54, 1.807) is 11.3 Å². The van der Waals surface area contributed by atoms with Gasteiger partial charge in [0.15, 0.2) is 0 Å². The lowest BCUT2D eigenvalue weighted by atomic mass is 10.2. The number of hydrogen-bond donors (Lipinski definition) is 0. The molecule has 0 spiro atoms. The minimum absolute atomic E-state index is 0.0770. The molecule has 1 amide bonds. The van der Waals surface area contributed by atoms with Crippen LogP contribution in [0.5, 0.6) is 0 Å². The van der Waals surface area contributed by atoms with Crippen LogP contribution in [0.4, 0.5) is 0 Å². The van der Waals surface area contributed by atoms with E-state index in [0.717, 1.165) is 19.4 Å². The summed E-state index contributed by atoms with van der Waals surface area (Å²) in [5.74, 6) is 0.0911. The van der Waals surface area contributed by atoms with Crippen molar-refractivity contribution in [2.45, 2.75) is 59.3 Å². The van der Waals surface area contributed by atoms with Gasteiger partial charge in [0.2, 0.25) is 0 Å². The van der Waals surface area contributed by atoms with E-state index in [2.05, 4.69) is 18.4 Å². The second-order valence-corrected chi connectivity index (χ2v) is 5.85. The zero-order valence-electron chi connectivity index (χ0n) is 12.4. The third kappa shape index (κ3) is 5.74. The molecular formula is C15H25NO2S. The summed E-state index contributed by atoms with van der Waals surface area (Å²) in [4.78, 5) is 14.3. The minimum Gasteiger partial charge on any atom is -0.366 e. The zero-order valence-corrected chi connectivity index (χ0v) is 13.2. The normalized spacial score (nSPS) is 12.7. The van der Waals surface area contributed by atoms with Crippen molar-refractivity contribution in [3.63, 3.8) is 0 Å². The Balaban J connectivity index is 2.63. The number of rotatable bonds is 8. The van der Waals surface area contributed by atoms with E-state index in [1.807, 2.05) is 31.1 Å². The summed E-state index contributed by atoms with van der Waals surface area (Å²) in [6, 6.07) is 2.07. The Morgan fingerprint density at radius 2 is 2.16 bits per heavy atom. The van der Waals surface area contributed by atoms with Crippen molar-refractivity contribution in [1.82, 2.24) is 4.90 Å². The number of carbonyl (C=O) groups excluding carboxylic acids is 1. The van der Waals surface area contributed by atoms with Gasteiger partial charge in [0.05, 0.1) is 6.10 Å². The molecule has 0 aliphatic carbocycles. The molecule has 0 saturated heterocycles. The smallest absolute Gasteiger partial charge is 0.251 e. The van der Waals surface area contributed by atoms with E-state index in [-0.39, 0.29) is 18.1 Å². The Hall–Kier alpha value is -0.870. The fourth-order valence-electron chi connectivity index (χ4n) is 1.94. The molecular weight excluding hydrogens is 258 g/mol. The molecule has 0 fully saturated rings. The highest BCUT2D eigenvalue weighted by molar-refractivity contribution is 7.07. The molecule has 4 heteroatoms. The maximum Gasteiger partial charge on any atom is 0.251 e. The minimum atomic E-state index is -0.365. The molecule has 1 aromatic rings. The molecule has 0 aromatic carbocycles. The molecule has 0 saturated carbocycles. The lowest BCUT2D eigenvalue weighted by Gasteiger charge is -2.26. The number of hydrogen-bond acceptors (Lipinski definition) is 3. The Labute approximate surface area is 120 Å². The van der Waals surface area contributed by atoms with Crippen molar-refractivity contribution in [2.75, 3.05) is 6.54 Å². The Bertz CT molecular complexity index is 362. The van der Waals surface area contributed by atoms with Gasteiger partial charge in [-0.05, 0) is 49.6 Å². The largest absolute Gasteiger partial charge is 0.366 e. The maximum atomic E-state index is 12.4. The van der Waals surface area contributed by atoms with Gasteiger partial charge in [-0.2, -0.15) is 11.3 Å². The van der Waals surface area contributed by atoms with Crippen molar-refractivity contribution in [3.05, 3.63) is 22.4 Å². The maximum absolute atomic E-state index is 12.4. The van der Waals surface area contributed by atoms with Gasteiger partial charge < -0.3 is 9.64 Å². The quantitative estimate of drug-likeness (QED) is 0.728. The Kier molecular flexibility index (Phi) is 7.10. The van der Waals surface area contributed by atoms with E-state index in [9.17, 15) is 4.79 Å². The first-order chi connectivity index (χ1) is 9.04. The van der Waals surface area contributed by atoms with E-state index in [0.29, 0.717) is 6.54 Å². The van der Waals surface area contributed by atoms with E-state index < -0.39 is 0 Å². The number of thiophene rings is 1. The van der Waals surface area contributed by atoms with Crippen molar-refractivity contribution < 1.29 is 9.53 Å². The van der Waals surface area contributed by atoms with Crippen LogP contribution in [0.2, 0.25) is 0 Å². The summed E-state index contributed by atoms with van der Waals surface area (Å²) < 4.78 is 5.60. The van der Waals surface area contributed by atoms with Crippen LogP contribution in [0.15, 0.2) is 16.8 Å². The molecule has 1 aromatic heterocycles. The van der Waals surface area contributed by atoms with Gasteiger partial charge in [-0.25, -0.2) is 0 Å². The topological polar surface area (TPSA) is 29.5 Å². The molecule has 108 valence electrons. The second kappa shape index (κ2) is 8.33. The lowest BCUT2D eigenvalue weighted by Crippen LogP contribution is -2.40. The molecule has 1 rings (SSSR count). The summed E-state index contributed by atoms with van der Waals surface area (Å²) in [6.45, 7) is 9.39. The van der Waals surface area contributed by atoms with Crippen molar-refractivity contribution in [1.29, 1.82) is 0 Å². The van der Waals surface area contributed by atoms with Gasteiger partial charge >= 0.3 is 0 Å². The summed E-state index contributed by atoms with van der Waals surface area (Å²) in [7, 11) is 0. The zero-order chi connectivity index (χ0) is 14.3. The van der Waals surface area contributed by atoms with E-state index >= 15 is 0 Å². The fourth-order valence-corrected chi connectivity index (χ4v) is 2.60. The molecule has 0 radical (unpaired) electrons. The van der Waals surface area contributed by atoms with Crippen LogP contribution in [0.25, 0.3) is 0 Å². The molecule has 1 atom stereocenters. The molecule has 0 aliphatic rings. The highest BCUT2D eigenvalue weighted by Crippen LogP contribution is 2.13. The number of carbonyl (C=O) groups is 1. The summed E-state index contributed by atoms with van der Waals surface area (Å²) >= 11 is 1.67. The van der Waals surface area contributed by atoms with Gasteiger partial charge in [0.1, 0.15) is 6.10 Å². The van der Waals surface area contributed by atoms with Crippen LogP contribution in [0.3, 0.4) is 0 Å². The molecule has 1 heterocycles. The van der Waals surface area contributed by atoms with E-state index in [4.69, 9.17) is 4.74 Å². The van der Waals surface area contributed by atoms with Crippen LogP contribution < -0.4 is 0 Å². The number of nitrogens with zero attached hydrogens (tertiary/aromatic N) is 1. The van der Waals surface area contributed by atoms with Crippen molar-refractivity contribution in [2.24, 2.45) is 0 Å². The second-order valence-electron chi connectivity index (χ2n) is 5.07. The third-order valence-corrected chi connectivity index (χ3v) is 3.60. The van der Waals surface area contributed by atoms with Gasteiger partial charge in [-0.15, -0.1) is 0 Å². The van der Waals surface area contributed by atoms with Crippen LogP contribution in [0, 0.1) is 0 Å². The van der Waals surface area contributed by atoms with Crippen LogP contribution in [0.1, 0.15) is 46.1 Å².